The zero-order valence-corrected chi connectivity index (χ0v) is 12.0. The third-order valence-electron chi connectivity index (χ3n) is 3.11. The molecule has 0 bridgehead atoms. The van der Waals surface area contributed by atoms with Crippen LogP contribution in [0.5, 0.6) is 0 Å². The van der Waals surface area contributed by atoms with Gasteiger partial charge < -0.3 is 4.90 Å². The molecule has 1 aromatic carbocycles. The van der Waals surface area contributed by atoms with Gasteiger partial charge >= 0.3 is 0 Å². The van der Waals surface area contributed by atoms with Crippen molar-refractivity contribution in [3.05, 3.63) is 54.4 Å². The molecule has 0 fully saturated rings. The SMILES string of the molecule is CCN(CC)c1ccc(C=NNc2ccncc2)cc1. The molecule has 0 amide bonds. The van der Waals surface area contributed by atoms with Gasteiger partial charge in [-0.1, -0.05) is 12.1 Å². The van der Waals surface area contributed by atoms with E-state index >= 15 is 0 Å². The standard InChI is InChI=1S/C16H20N4/c1-3-20(4-2)16-7-5-14(6-8-16)13-18-19-15-9-11-17-12-10-15/h5-13H,3-4H2,1-2H3,(H,17,19). The molecule has 20 heavy (non-hydrogen) atoms. The average molecular weight is 268 g/mol. The highest BCUT2D eigenvalue weighted by Gasteiger charge is 2.00. The summed E-state index contributed by atoms with van der Waals surface area (Å²) in [4.78, 5) is 6.27. The highest BCUT2D eigenvalue weighted by Crippen LogP contribution is 2.14. The number of aromatic nitrogens is 1. The summed E-state index contributed by atoms with van der Waals surface area (Å²) in [7, 11) is 0. The zero-order chi connectivity index (χ0) is 14.2. The van der Waals surface area contributed by atoms with Crippen LogP contribution in [0.25, 0.3) is 0 Å². The predicted molar refractivity (Wildman–Crippen MR) is 85.5 cm³/mol. The molecule has 0 radical (unpaired) electrons. The second-order valence-electron chi connectivity index (χ2n) is 4.37. The van der Waals surface area contributed by atoms with Gasteiger partial charge in [-0.3, -0.25) is 10.4 Å². The summed E-state index contributed by atoms with van der Waals surface area (Å²) in [6.07, 6.45) is 5.28. The molecular formula is C16H20N4. The molecule has 1 N–H and O–H groups in total. The number of anilines is 2. The van der Waals surface area contributed by atoms with Crippen LogP contribution in [0.1, 0.15) is 19.4 Å². The Morgan fingerprint density at radius 1 is 1.05 bits per heavy atom. The smallest absolute Gasteiger partial charge is 0.0592 e. The third-order valence-corrected chi connectivity index (χ3v) is 3.11. The van der Waals surface area contributed by atoms with Gasteiger partial charge in [0.05, 0.1) is 11.9 Å². The quantitative estimate of drug-likeness (QED) is 0.645. The number of benzene rings is 1. The van der Waals surface area contributed by atoms with Gasteiger partial charge in [0, 0.05) is 31.2 Å². The van der Waals surface area contributed by atoms with Crippen LogP contribution in [-0.2, 0) is 0 Å². The van der Waals surface area contributed by atoms with Crippen LogP contribution in [0.15, 0.2) is 53.9 Å². The molecule has 0 aliphatic rings. The first-order valence-corrected chi connectivity index (χ1v) is 6.87. The Morgan fingerprint density at radius 3 is 2.30 bits per heavy atom. The monoisotopic (exact) mass is 268 g/mol. The van der Waals surface area contributed by atoms with Gasteiger partial charge in [0.2, 0.25) is 0 Å². The molecule has 0 atom stereocenters. The van der Waals surface area contributed by atoms with Gasteiger partial charge in [-0.05, 0) is 43.7 Å². The minimum absolute atomic E-state index is 0.927. The molecule has 104 valence electrons. The lowest BCUT2D eigenvalue weighted by molar-refractivity contribution is 0.866. The number of hydrogen-bond donors (Lipinski definition) is 1. The number of hydrogen-bond acceptors (Lipinski definition) is 4. The van der Waals surface area contributed by atoms with Gasteiger partial charge in [0.15, 0.2) is 0 Å². The summed E-state index contributed by atoms with van der Waals surface area (Å²) >= 11 is 0. The molecule has 4 heteroatoms. The third kappa shape index (κ3) is 3.82. The average Bonchev–Trinajstić information content (AvgIpc) is 2.51. The maximum Gasteiger partial charge on any atom is 0.0592 e. The van der Waals surface area contributed by atoms with Crippen LogP contribution in [0.3, 0.4) is 0 Å². The van der Waals surface area contributed by atoms with Crippen LogP contribution in [0.4, 0.5) is 11.4 Å². The second kappa shape index (κ2) is 7.28. The highest BCUT2D eigenvalue weighted by molar-refractivity contribution is 5.80. The van der Waals surface area contributed by atoms with E-state index in [1.807, 2.05) is 18.3 Å². The maximum absolute atomic E-state index is 4.21. The Morgan fingerprint density at radius 2 is 1.70 bits per heavy atom. The summed E-state index contributed by atoms with van der Waals surface area (Å²) in [5.41, 5.74) is 6.22. The minimum atomic E-state index is 0.927. The molecule has 0 unspecified atom stereocenters. The van der Waals surface area contributed by atoms with E-state index in [1.54, 1.807) is 12.4 Å². The first kappa shape index (κ1) is 14.1. The van der Waals surface area contributed by atoms with E-state index in [2.05, 4.69) is 58.5 Å². The van der Waals surface area contributed by atoms with Crippen molar-refractivity contribution < 1.29 is 0 Å². The van der Waals surface area contributed by atoms with Crippen molar-refractivity contribution in [1.82, 2.24) is 4.98 Å². The minimum Gasteiger partial charge on any atom is -0.372 e. The first-order chi connectivity index (χ1) is 9.83. The fraction of sp³-hybridized carbons (Fsp3) is 0.250. The van der Waals surface area contributed by atoms with Crippen LogP contribution < -0.4 is 10.3 Å². The Balaban J connectivity index is 1.97. The number of pyridine rings is 1. The lowest BCUT2D eigenvalue weighted by Gasteiger charge is -2.20. The number of nitrogens with one attached hydrogen (secondary N) is 1. The van der Waals surface area contributed by atoms with Crippen LogP contribution in [0.2, 0.25) is 0 Å². The van der Waals surface area contributed by atoms with Crippen molar-refractivity contribution >= 4 is 17.6 Å². The van der Waals surface area contributed by atoms with Crippen molar-refractivity contribution in [1.29, 1.82) is 0 Å². The van der Waals surface area contributed by atoms with Crippen molar-refractivity contribution in [2.45, 2.75) is 13.8 Å². The van der Waals surface area contributed by atoms with Crippen molar-refractivity contribution in [2.75, 3.05) is 23.4 Å². The molecule has 0 saturated carbocycles. The van der Waals surface area contributed by atoms with E-state index in [1.165, 1.54) is 5.69 Å². The Kier molecular flexibility index (Phi) is 5.12. The van der Waals surface area contributed by atoms with E-state index in [0.717, 1.165) is 24.3 Å². The Hall–Kier alpha value is -2.36. The van der Waals surface area contributed by atoms with Crippen LogP contribution in [-0.4, -0.2) is 24.3 Å². The summed E-state index contributed by atoms with van der Waals surface area (Å²) in [5, 5.41) is 4.21. The van der Waals surface area contributed by atoms with E-state index in [4.69, 9.17) is 0 Å². The van der Waals surface area contributed by atoms with Gasteiger partial charge in [-0.15, -0.1) is 0 Å². The summed E-state index contributed by atoms with van der Waals surface area (Å²) in [5.74, 6) is 0. The molecule has 0 spiro atoms. The molecule has 0 saturated heterocycles. The predicted octanol–water partition coefficient (Wildman–Crippen LogP) is 3.37. The highest BCUT2D eigenvalue weighted by atomic mass is 15.3. The van der Waals surface area contributed by atoms with Gasteiger partial charge in [-0.25, -0.2) is 0 Å². The fourth-order valence-corrected chi connectivity index (χ4v) is 1.97. The summed E-state index contributed by atoms with van der Waals surface area (Å²) in [6.45, 7) is 6.37. The molecule has 2 aromatic rings. The molecule has 0 aliphatic heterocycles. The van der Waals surface area contributed by atoms with Gasteiger partial charge in [0.25, 0.3) is 0 Å². The van der Waals surface area contributed by atoms with Gasteiger partial charge in [-0.2, -0.15) is 5.10 Å². The largest absolute Gasteiger partial charge is 0.372 e. The first-order valence-electron chi connectivity index (χ1n) is 6.87. The summed E-state index contributed by atoms with van der Waals surface area (Å²) < 4.78 is 0. The van der Waals surface area contributed by atoms with Crippen molar-refractivity contribution in [3.8, 4) is 0 Å². The van der Waals surface area contributed by atoms with Gasteiger partial charge in [0.1, 0.15) is 0 Å². The second-order valence-corrected chi connectivity index (χ2v) is 4.37. The maximum atomic E-state index is 4.21. The topological polar surface area (TPSA) is 40.5 Å². The fourth-order valence-electron chi connectivity index (χ4n) is 1.97. The van der Waals surface area contributed by atoms with Crippen molar-refractivity contribution in [3.63, 3.8) is 0 Å². The Bertz CT molecular complexity index is 530. The lowest BCUT2D eigenvalue weighted by Crippen LogP contribution is -2.21. The van der Waals surface area contributed by atoms with E-state index in [0.29, 0.717) is 0 Å². The van der Waals surface area contributed by atoms with Crippen LogP contribution in [0, 0.1) is 0 Å². The normalized spacial score (nSPS) is 10.7. The van der Waals surface area contributed by atoms with Crippen molar-refractivity contribution in [2.24, 2.45) is 5.10 Å². The molecule has 4 nitrogen and oxygen atoms in total. The molecule has 0 aliphatic carbocycles. The Labute approximate surface area is 120 Å². The van der Waals surface area contributed by atoms with E-state index in [9.17, 15) is 0 Å². The molecule has 1 aromatic heterocycles. The van der Waals surface area contributed by atoms with E-state index in [-0.39, 0.29) is 0 Å². The van der Waals surface area contributed by atoms with E-state index < -0.39 is 0 Å². The zero-order valence-electron chi connectivity index (χ0n) is 12.0. The summed E-state index contributed by atoms with van der Waals surface area (Å²) in [6, 6.07) is 12.2. The lowest BCUT2D eigenvalue weighted by atomic mass is 10.2. The number of hydrazone groups is 1. The molecule has 1 heterocycles. The number of nitrogens with zero attached hydrogens (tertiary/aromatic N) is 3. The number of rotatable bonds is 6. The molecular weight excluding hydrogens is 248 g/mol. The molecule has 2 rings (SSSR count). The van der Waals surface area contributed by atoms with Crippen LogP contribution >= 0.6 is 0 Å².